The van der Waals surface area contributed by atoms with Crippen LogP contribution in [0.2, 0.25) is 5.02 Å². The third-order valence-corrected chi connectivity index (χ3v) is 3.60. The van der Waals surface area contributed by atoms with E-state index >= 15 is 0 Å². The van der Waals surface area contributed by atoms with Gasteiger partial charge < -0.3 is 14.8 Å². The molecule has 0 saturated heterocycles. The van der Waals surface area contributed by atoms with Gasteiger partial charge in [0.15, 0.2) is 5.75 Å². The maximum absolute atomic E-state index is 11.9. The molecule has 2 rings (SSSR count). The van der Waals surface area contributed by atoms with Crippen LogP contribution in [-0.4, -0.2) is 24.5 Å². The number of carbonyl (C=O) groups is 1. The molecule has 0 heterocycles. The number of hydrogen-bond acceptors (Lipinski definition) is 5. The Morgan fingerprint density at radius 3 is 2.68 bits per heavy atom. The first-order chi connectivity index (χ1) is 12.0. The van der Waals surface area contributed by atoms with E-state index in [1.54, 1.807) is 30.3 Å². The van der Waals surface area contributed by atoms with E-state index in [9.17, 15) is 14.9 Å². The molecule has 0 atom stereocenters. The van der Waals surface area contributed by atoms with E-state index in [2.05, 4.69) is 5.32 Å². The average Bonchev–Trinajstić information content (AvgIpc) is 2.59. The molecule has 2 aromatic rings. The minimum atomic E-state index is -0.505. The van der Waals surface area contributed by atoms with Crippen molar-refractivity contribution < 1.29 is 19.2 Å². The summed E-state index contributed by atoms with van der Waals surface area (Å²) in [5.41, 5.74) is 0.468. The van der Waals surface area contributed by atoms with Gasteiger partial charge in [-0.15, -0.1) is 0 Å². The molecule has 0 bridgehead atoms. The summed E-state index contributed by atoms with van der Waals surface area (Å²) in [7, 11) is 1.51. The molecule has 132 valence electrons. The van der Waals surface area contributed by atoms with Gasteiger partial charge >= 0.3 is 5.69 Å². The Labute approximate surface area is 149 Å². The summed E-state index contributed by atoms with van der Waals surface area (Å²) in [6.07, 6.45) is 0.631. The van der Waals surface area contributed by atoms with Gasteiger partial charge in [0.25, 0.3) is 0 Å². The van der Waals surface area contributed by atoms with Crippen LogP contribution in [0, 0.1) is 10.1 Å². The van der Waals surface area contributed by atoms with E-state index in [-0.39, 0.29) is 30.4 Å². The molecule has 1 N–H and O–H groups in total. The highest BCUT2D eigenvalue weighted by Crippen LogP contribution is 2.27. The van der Waals surface area contributed by atoms with Crippen LogP contribution in [0.25, 0.3) is 0 Å². The predicted molar refractivity (Wildman–Crippen MR) is 94.5 cm³/mol. The lowest BCUT2D eigenvalue weighted by Crippen LogP contribution is -2.13. The predicted octanol–water partition coefficient (Wildman–Crippen LogP) is 4.05. The molecule has 0 unspecified atom stereocenters. The third-order valence-electron chi connectivity index (χ3n) is 3.30. The lowest BCUT2D eigenvalue weighted by molar-refractivity contribution is -0.385. The maximum Gasteiger partial charge on any atom is 0.310 e. The summed E-state index contributed by atoms with van der Waals surface area (Å²) in [6, 6.07) is 11.1. The fraction of sp³-hybridized carbons (Fsp3) is 0.235. The SMILES string of the molecule is COc1ccc(NC(=O)CCCOc2ccccc2[N+](=O)[O-])cc1Cl. The zero-order valence-electron chi connectivity index (χ0n) is 13.5. The van der Waals surface area contributed by atoms with Crippen molar-refractivity contribution in [3.8, 4) is 11.5 Å². The van der Waals surface area contributed by atoms with Gasteiger partial charge in [-0.05, 0) is 30.7 Å². The molecule has 0 aliphatic rings. The normalized spacial score (nSPS) is 10.2. The van der Waals surface area contributed by atoms with Gasteiger partial charge in [-0.1, -0.05) is 23.7 Å². The van der Waals surface area contributed by atoms with Gasteiger partial charge in [0.2, 0.25) is 5.91 Å². The smallest absolute Gasteiger partial charge is 0.310 e. The number of nitrogens with one attached hydrogen (secondary N) is 1. The first kappa shape index (κ1) is 18.5. The summed E-state index contributed by atoms with van der Waals surface area (Å²) in [5, 5.41) is 14.0. The Hall–Kier alpha value is -2.80. The van der Waals surface area contributed by atoms with Crippen LogP contribution in [0.15, 0.2) is 42.5 Å². The van der Waals surface area contributed by atoms with Crippen molar-refractivity contribution in [2.24, 2.45) is 0 Å². The summed E-state index contributed by atoms with van der Waals surface area (Å²) in [5.74, 6) is 0.514. The standard InChI is InChI=1S/C17H17ClN2O5/c1-24-15-9-8-12(11-13(15)18)19-17(21)7-4-10-25-16-6-3-2-5-14(16)20(22)23/h2-3,5-6,8-9,11H,4,7,10H2,1H3,(H,19,21). The maximum atomic E-state index is 11.9. The second-order valence-electron chi connectivity index (χ2n) is 5.07. The Kier molecular flexibility index (Phi) is 6.59. The first-order valence-electron chi connectivity index (χ1n) is 7.51. The average molecular weight is 365 g/mol. The van der Waals surface area contributed by atoms with Gasteiger partial charge in [-0.25, -0.2) is 0 Å². The molecule has 2 aromatic carbocycles. The molecule has 8 heteroatoms. The Balaban J connectivity index is 1.79. The molecular formula is C17H17ClN2O5. The van der Waals surface area contributed by atoms with Crippen molar-refractivity contribution in [2.75, 3.05) is 19.0 Å². The molecule has 0 fully saturated rings. The number of halogens is 1. The first-order valence-corrected chi connectivity index (χ1v) is 7.88. The number of methoxy groups -OCH3 is 1. The number of para-hydroxylation sites is 2. The van der Waals surface area contributed by atoms with Crippen molar-refractivity contribution in [1.29, 1.82) is 0 Å². The van der Waals surface area contributed by atoms with Crippen LogP contribution in [0.4, 0.5) is 11.4 Å². The highest BCUT2D eigenvalue weighted by atomic mass is 35.5. The number of ether oxygens (including phenoxy) is 2. The summed E-state index contributed by atoms with van der Waals surface area (Å²) < 4.78 is 10.4. The summed E-state index contributed by atoms with van der Waals surface area (Å²) >= 11 is 6.00. The van der Waals surface area contributed by atoms with Crippen molar-refractivity contribution in [1.82, 2.24) is 0 Å². The number of nitro benzene ring substituents is 1. The van der Waals surface area contributed by atoms with Crippen LogP contribution >= 0.6 is 11.6 Å². The van der Waals surface area contributed by atoms with E-state index in [0.29, 0.717) is 22.9 Å². The van der Waals surface area contributed by atoms with E-state index in [4.69, 9.17) is 21.1 Å². The number of carbonyl (C=O) groups excluding carboxylic acids is 1. The summed E-state index contributed by atoms with van der Waals surface area (Å²) in [6.45, 7) is 0.196. The number of benzene rings is 2. The van der Waals surface area contributed by atoms with Crippen molar-refractivity contribution in [3.05, 3.63) is 57.6 Å². The Morgan fingerprint density at radius 1 is 1.24 bits per heavy atom. The van der Waals surface area contributed by atoms with E-state index in [1.165, 1.54) is 19.2 Å². The fourth-order valence-corrected chi connectivity index (χ4v) is 2.37. The molecule has 7 nitrogen and oxygen atoms in total. The number of anilines is 1. The zero-order valence-corrected chi connectivity index (χ0v) is 14.3. The minimum absolute atomic E-state index is 0.0974. The minimum Gasteiger partial charge on any atom is -0.495 e. The highest BCUT2D eigenvalue weighted by molar-refractivity contribution is 6.32. The number of hydrogen-bond donors (Lipinski definition) is 1. The van der Waals surface area contributed by atoms with Crippen LogP contribution in [-0.2, 0) is 4.79 Å². The number of rotatable bonds is 8. The number of nitrogens with zero attached hydrogens (tertiary/aromatic N) is 1. The number of nitro groups is 1. The lowest BCUT2D eigenvalue weighted by atomic mass is 10.2. The van der Waals surface area contributed by atoms with Gasteiger partial charge in [0.1, 0.15) is 5.75 Å². The molecule has 0 aliphatic carbocycles. The quantitative estimate of drug-likeness (QED) is 0.433. The Bertz CT molecular complexity index is 766. The lowest BCUT2D eigenvalue weighted by Gasteiger charge is -2.09. The van der Waals surface area contributed by atoms with Crippen LogP contribution in [0.5, 0.6) is 11.5 Å². The van der Waals surface area contributed by atoms with E-state index < -0.39 is 4.92 Å². The molecule has 0 radical (unpaired) electrons. The largest absolute Gasteiger partial charge is 0.495 e. The Morgan fingerprint density at radius 2 is 2.00 bits per heavy atom. The van der Waals surface area contributed by atoms with Gasteiger partial charge in [-0.3, -0.25) is 14.9 Å². The van der Waals surface area contributed by atoms with Crippen LogP contribution in [0.3, 0.4) is 0 Å². The molecule has 0 aliphatic heterocycles. The highest BCUT2D eigenvalue weighted by Gasteiger charge is 2.13. The molecule has 0 saturated carbocycles. The molecular weight excluding hydrogens is 348 g/mol. The van der Waals surface area contributed by atoms with Crippen LogP contribution < -0.4 is 14.8 Å². The van der Waals surface area contributed by atoms with Gasteiger partial charge in [0.05, 0.1) is 23.7 Å². The fourth-order valence-electron chi connectivity index (χ4n) is 2.11. The van der Waals surface area contributed by atoms with E-state index in [1.807, 2.05) is 0 Å². The second kappa shape index (κ2) is 8.89. The third kappa shape index (κ3) is 5.36. The zero-order chi connectivity index (χ0) is 18.2. The summed E-state index contributed by atoms with van der Waals surface area (Å²) in [4.78, 5) is 22.3. The monoisotopic (exact) mass is 364 g/mol. The van der Waals surface area contributed by atoms with Gasteiger partial charge in [-0.2, -0.15) is 0 Å². The molecule has 0 aromatic heterocycles. The van der Waals surface area contributed by atoms with Crippen molar-refractivity contribution >= 4 is 28.9 Å². The topological polar surface area (TPSA) is 90.7 Å². The number of amides is 1. The molecule has 0 spiro atoms. The van der Waals surface area contributed by atoms with Crippen molar-refractivity contribution in [2.45, 2.75) is 12.8 Å². The molecule has 1 amide bonds. The van der Waals surface area contributed by atoms with Crippen LogP contribution in [0.1, 0.15) is 12.8 Å². The molecule has 25 heavy (non-hydrogen) atoms. The van der Waals surface area contributed by atoms with Crippen molar-refractivity contribution in [3.63, 3.8) is 0 Å². The van der Waals surface area contributed by atoms with E-state index in [0.717, 1.165) is 0 Å². The second-order valence-corrected chi connectivity index (χ2v) is 5.48. The van der Waals surface area contributed by atoms with Gasteiger partial charge in [0, 0.05) is 18.2 Å².